The van der Waals surface area contributed by atoms with E-state index in [1.54, 1.807) is 19.2 Å². The van der Waals surface area contributed by atoms with Crippen molar-refractivity contribution in [3.8, 4) is 17.2 Å². The topological polar surface area (TPSA) is 39.7 Å². The lowest BCUT2D eigenvalue weighted by Gasteiger charge is -2.16. The summed E-state index contributed by atoms with van der Waals surface area (Å²) < 4.78 is 18.0. The van der Waals surface area contributed by atoms with Crippen LogP contribution < -0.4 is 19.5 Å². The molecule has 170 valence electrons. The Balaban J connectivity index is 1.60. The molecule has 0 unspecified atom stereocenters. The Morgan fingerprint density at radius 3 is 2.34 bits per heavy atom. The molecule has 0 spiro atoms. The van der Waals surface area contributed by atoms with Crippen LogP contribution in [0.3, 0.4) is 0 Å². The van der Waals surface area contributed by atoms with Gasteiger partial charge in [0.05, 0.1) is 13.7 Å². The van der Waals surface area contributed by atoms with Crippen molar-refractivity contribution in [1.82, 2.24) is 5.32 Å². The molecule has 0 aliphatic rings. The Kier molecular flexibility index (Phi) is 9.54. The standard InChI is InChI=1S/C25H26BrCl2NO3/c1-3-31-24-12-19(15-29-11-10-17-4-8-21(30-2)9-5-17)22(26)14-25(24)32-16-18-6-7-20(27)13-23(18)28/h4-9,12-14,29H,3,10-11,15-16H2,1-2H3. The molecule has 7 heteroatoms. The van der Waals surface area contributed by atoms with Crippen LogP contribution in [0.1, 0.15) is 23.6 Å². The smallest absolute Gasteiger partial charge is 0.162 e. The molecule has 0 aliphatic carbocycles. The molecule has 0 fully saturated rings. The zero-order valence-corrected chi connectivity index (χ0v) is 21.2. The molecule has 0 amide bonds. The summed E-state index contributed by atoms with van der Waals surface area (Å²) in [4.78, 5) is 0. The largest absolute Gasteiger partial charge is 0.497 e. The molecule has 0 saturated carbocycles. The first-order chi connectivity index (χ1) is 15.5. The Hall–Kier alpha value is -1.92. The summed E-state index contributed by atoms with van der Waals surface area (Å²) in [7, 11) is 1.67. The van der Waals surface area contributed by atoms with Crippen LogP contribution in [0, 0.1) is 0 Å². The van der Waals surface area contributed by atoms with E-state index in [1.807, 2.05) is 37.3 Å². The molecule has 1 N–H and O–H groups in total. The lowest BCUT2D eigenvalue weighted by Crippen LogP contribution is -2.17. The molecule has 0 bridgehead atoms. The van der Waals surface area contributed by atoms with Crippen molar-refractivity contribution < 1.29 is 14.2 Å². The van der Waals surface area contributed by atoms with Crippen molar-refractivity contribution in [1.29, 1.82) is 0 Å². The van der Waals surface area contributed by atoms with E-state index in [4.69, 9.17) is 37.4 Å². The summed E-state index contributed by atoms with van der Waals surface area (Å²) in [5, 5.41) is 4.67. The second-order valence-corrected chi connectivity index (χ2v) is 8.82. The van der Waals surface area contributed by atoms with Crippen molar-refractivity contribution in [3.05, 3.63) is 85.8 Å². The van der Waals surface area contributed by atoms with Gasteiger partial charge in [0.1, 0.15) is 12.4 Å². The average Bonchev–Trinajstić information content (AvgIpc) is 2.79. The van der Waals surface area contributed by atoms with Crippen LogP contribution in [-0.2, 0) is 19.6 Å². The minimum Gasteiger partial charge on any atom is -0.497 e. The van der Waals surface area contributed by atoms with Crippen LogP contribution in [0.15, 0.2) is 59.1 Å². The summed E-state index contributed by atoms with van der Waals surface area (Å²) in [6.45, 7) is 4.39. The van der Waals surface area contributed by atoms with Gasteiger partial charge in [-0.05, 0) is 67.4 Å². The van der Waals surface area contributed by atoms with Gasteiger partial charge >= 0.3 is 0 Å². The van der Waals surface area contributed by atoms with Gasteiger partial charge < -0.3 is 19.5 Å². The molecule has 0 heterocycles. The molecule has 3 aromatic rings. The first-order valence-electron chi connectivity index (χ1n) is 10.4. The summed E-state index contributed by atoms with van der Waals surface area (Å²) in [5.74, 6) is 2.23. The van der Waals surface area contributed by atoms with Gasteiger partial charge in [0.15, 0.2) is 11.5 Å². The van der Waals surface area contributed by atoms with Crippen molar-refractivity contribution in [2.45, 2.75) is 26.5 Å². The highest BCUT2D eigenvalue weighted by Crippen LogP contribution is 2.35. The number of hydrogen-bond acceptors (Lipinski definition) is 4. The van der Waals surface area contributed by atoms with E-state index in [9.17, 15) is 0 Å². The van der Waals surface area contributed by atoms with E-state index in [0.717, 1.165) is 34.3 Å². The van der Waals surface area contributed by atoms with Crippen molar-refractivity contribution in [2.24, 2.45) is 0 Å². The van der Waals surface area contributed by atoms with Gasteiger partial charge in [-0.15, -0.1) is 0 Å². The fourth-order valence-electron chi connectivity index (χ4n) is 3.14. The van der Waals surface area contributed by atoms with Crippen LogP contribution in [-0.4, -0.2) is 20.3 Å². The third-order valence-corrected chi connectivity index (χ3v) is 6.20. The highest BCUT2D eigenvalue weighted by molar-refractivity contribution is 9.10. The maximum absolute atomic E-state index is 6.26. The molecule has 3 rings (SSSR count). The zero-order chi connectivity index (χ0) is 22.9. The Morgan fingerprint density at radius 2 is 1.66 bits per heavy atom. The number of halogens is 3. The predicted molar refractivity (Wildman–Crippen MR) is 135 cm³/mol. The summed E-state index contributed by atoms with van der Waals surface area (Å²) in [6.07, 6.45) is 0.934. The minimum atomic E-state index is 0.321. The maximum Gasteiger partial charge on any atom is 0.162 e. The number of benzene rings is 3. The van der Waals surface area contributed by atoms with Crippen LogP contribution in [0.2, 0.25) is 10.0 Å². The van der Waals surface area contributed by atoms with Crippen LogP contribution in [0.4, 0.5) is 0 Å². The van der Waals surface area contributed by atoms with Crippen LogP contribution >= 0.6 is 39.1 Å². The van der Waals surface area contributed by atoms with Gasteiger partial charge in [0.2, 0.25) is 0 Å². The van der Waals surface area contributed by atoms with Crippen molar-refractivity contribution in [2.75, 3.05) is 20.3 Å². The second-order valence-electron chi connectivity index (χ2n) is 7.12. The van der Waals surface area contributed by atoms with E-state index in [2.05, 4.69) is 33.4 Å². The fraction of sp³-hybridized carbons (Fsp3) is 0.280. The third kappa shape index (κ3) is 7.04. The van der Waals surface area contributed by atoms with E-state index in [1.165, 1.54) is 5.56 Å². The van der Waals surface area contributed by atoms with Gasteiger partial charge in [0, 0.05) is 26.6 Å². The Labute approximate surface area is 207 Å². The summed E-state index contributed by atoms with van der Waals surface area (Å²) in [6, 6.07) is 17.5. The van der Waals surface area contributed by atoms with E-state index in [0.29, 0.717) is 41.3 Å². The van der Waals surface area contributed by atoms with Gasteiger partial charge in [-0.1, -0.05) is 57.3 Å². The molecule has 0 radical (unpaired) electrons. The van der Waals surface area contributed by atoms with E-state index < -0.39 is 0 Å². The van der Waals surface area contributed by atoms with E-state index in [-0.39, 0.29) is 0 Å². The number of rotatable bonds is 11. The molecule has 3 aromatic carbocycles. The highest BCUT2D eigenvalue weighted by Gasteiger charge is 2.12. The van der Waals surface area contributed by atoms with Crippen LogP contribution in [0.5, 0.6) is 17.2 Å². The summed E-state index contributed by atoms with van der Waals surface area (Å²) in [5.41, 5.74) is 3.22. The monoisotopic (exact) mass is 537 g/mol. The SMILES string of the molecule is CCOc1cc(CNCCc2ccc(OC)cc2)c(Br)cc1OCc1ccc(Cl)cc1Cl. The second kappa shape index (κ2) is 12.4. The van der Waals surface area contributed by atoms with Crippen molar-refractivity contribution in [3.63, 3.8) is 0 Å². The molecule has 32 heavy (non-hydrogen) atoms. The normalized spacial score (nSPS) is 10.8. The number of ether oxygens (including phenoxy) is 3. The average molecular weight is 539 g/mol. The van der Waals surface area contributed by atoms with Crippen LogP contribution in [0.25, 0.3) is 0 Å². The molecular weight excluding hydrogens is 513 g/mol. The van der Waals surface area contributed by atoms with E-state index >= 15 is 0 Å². The Morgan fingerprint density at radius 1 is 0.906 bits per heavy atom. The maximum atomic E-state index is 6.26. The third-order valence-electron chi connectivity index (χ3n) is 4.88. The highest BCUT2D eigenvalue weighted by atomic mass is 79.9. The molecule has 4 nitrogen and oxygen atoms in total. The predicted octanol–water partition coefficient (Wildman–Crippen LogP) is 7.07. The number of methoxy groups -OCH3 is 1. The lowest BCUT2D eigenvalue weighted by atomic mass is 10.1. The first kappa shape index (κ1) is 24.7. The van der Waals surface area contributed by atoms with Gasteiger partial charge in [0.25, 0.3) is 0 Å². The summed E-state index contributed by atoms with van der Waals surface area (Å²) >= 11 is 15.9. The Bertz CT molecular complexity index is 1030. The van der Waals surface area contributed by atoms with Crippen molar-refractivity contribution >= 4 is 39.1 Å². The van der Waals surface area contributed by atoms with Gasteiger partial charge in [-0.25, -0.2) is 0 Å². The fourth-order valence-corrected chi connectivity index (χ4v) is 4.06. The quantitative estimate of drug-likeness (QED) is 0.265. The molecule has 0 saturated heterocycles. The molecule has 0 aliphatic heterocycles. The minimum absolute atomic E-state index is 0.321. The molecule has 0 aromatic heterocycles. The molecular formula is C25H26BrCl2NO3. The first-order valence-corrected chi connectivity index (χ1v) is 11.9. The van der Waals surface area contributed by atoms with Gasteiger partial charge in [-0.3, -0.25) is 0 Å². The molecule has 0 atom stereocenters. The number of hydrogen-bond donors (Lipinski definition) is 1. The van der Waals surface area contributed by atoms with Gasteiger partial charge in [-0.2, -0.15) is 0 Å². The number of nitrogens with one attached hydrogen (secondary N) is 1. The lowest BCUT2D eigenvalue weighted by molar-refractivity contribution is 0.269. The zero-order valence-electron chi connectivity index (χ0n) is 18.1.